The molecule has 1 aromatic heterocycles. The SMILES string of the molecule is Cc1[nH]nnc1-c1cccc(COCc2ccc(C(F)(F)F)cc2)c1. The van der Waals surface area contributed by atoms with Crippen molar-refractivity contribution in [1.82, 2.24) is 15.4 Å². The number of rotatable bonds is 5. The van der Waals surface area contributed by atoms with Gasteiger partial charge >= 0.3 is 6.18 Å². The molecule has 0 atom stereocenters. The number of aromatic nitrogens is 3. The molecule has 4 nitrogen and oxygen atoms in total. The lowest BCUT2D eigenvalue weighted by Crippen LogP contribution is -2.04. The van der Waals surface area contributed by atoms with Crippen LogP contribution in [0.4, 0.5) is 13.2 Å². The van der Waals surface area contributed by atoms with Gasteiger partial charge in [0.25, 0.3) is 0 Å². The molecule has 0 amide bonds. The van der Waals surface area contributed by atoms with Crippen LogP contribution in [0.2, 0.25) is 0 Å². The van der Waals surface area contributed by atoms with Crippen molar-refractivity contribution < 1.29 is 17.9 Å². The maximum absolute atomic E-state index is 12.5. The fraction of sp³-hybridized carbons (Fsp3) is 0.222. The summed E-state index contributed by atoms with van der Waals surface area (Å²) in [5.74, 6) is 0. The maximum atomic E-state index is 12.5. The summed E-state index contributed by atoms with van der Waals surface area (Å²) in [6, 6.07) is 12.7. The molecule has 0 aliphatic carbocycles. The molecule has 3 aromatic rings. The molecule has 25 heavy (non-hydrogen) atoms. The Bertz CT molecular complexity index is 841. The van der Waals surface area contributed by atoms with E-state index >= 15 is 0 Å². The fourth-order valence-electron chi connectivity index (χ4n) is 2.44. The van der Waals surface area contributed by atoms with Crippen molar-refractivity contribution in [3.05, 3.63) is 70.9 Å². The standard InChI is InChI=1S/C18H16F3N3O/c1-12-17(23-24-22-12)15-4-2-3-14(9-15)11-25-10-13-5-7-16(8-6-13)18(19,20)21/h2-9H,10-11H2,1H3,(H,22,23,24). The lowest BCUT2D eigenvalue weighted by molar-refractivity contribution is -0.137. The maximum Gasteiger partial charge on any atom is 0.416 e. The topological polar surface area (TPSA) is 50.8 Å². The number of aromatic amines is 1. The van der Waals surface area contributed by atoms with Gasteiger partial charge in [-0.3, -0.25) is 5.10 Å². The summed E-state index contributed by atoms with van der Waals surface area (Å²) in [7, 11) is 0. The normalized spacial score (nSPS) is 11.7. The molecule has 0 saturated carbocycles. The van der Waals surface area contributed by atoms with Crippen LogP contribution in [0.1, 0.15) is 22.4 Å². The van der Waals surface area contributed by atoms with Gasteiger partial charge in [-0.2, -0.15) is 13.2 Å². The number of ether oxygens (including phenoxy) is 1. The molecule has 0 spiro atoms. The first-order valence-electron chi connectivity index (χ1n) is 7.64. The van der Waals surface area contributed by atoms with Gasteiger partial charge in [0.15, 0.2) is 0 Å². The first-order chi connectivity index (χ1) is 11.9. The molecule has 2 aromatic carbocycles. The highest BCUT2D eigenvalue weighted by Gasteiger charge is 2.29. The van der Waals surface area contributed by atoms with E-state index < -0.39 is 11.7 Å². The molecule has 0 saturated heterocycles. The molecule has 0 aliphatic rings. The minimum atomic E-state index is -4.32. The molecular weight excluding hydrogens is 331 g/mol. The number of alkyl halides is 3. The summed E-state index contributed by atoms with van der Waals surface area (Å²) in [5, 5.41) is 10.6. The Hall–Kier alpha value is -2.67. The van der Waals surface area contributed by atoms with Crippen LogP contribution in [0, 0.1) is 6.92 Å². The van der Waals surface area contributed by atoms with Crippen molar-refractivity contribution in [2.75, 3.05) is 0 Å². The molecule has 1 heterocycles. The Kier molecular flexibility index (Phi) is 4.85. The summed E-state index contributed by atoms with van der Waals surface area (Å²) in [4.78, 5) is 0. The van der Waals surface area contributed by atoms with Gasteiger partial charge in [-0.25, -0.2) is 0 Å². The number of halogens is 3. The summed E-state index contributed by atoms with van der Waals surface area (Å²) >= 11 is 0. The Labute approximate surface area is 142 Å². The molecule has 0 aliphatic heterocycles. The van der Waals surface area contributed by atoms with Crippen molar-refractivity contribution in [2.24, 2.45) is 0 Å². The van der Waals surface area contributed by atoms with Gasteiger partial charge in [0.05, 0.1) is 24.5 Å². The highest BCUT2D eigenvalue weighted by molar-refractivity contribution is 5.61. The smallest absolute Gasteiger partial charge is 0.372 e. The van der Waals surface area contributed by atoms with Gasteiger partial charge in [-0.15, -0.1) is 5.10 Å². The summed E-state index contributed by atoms with van der Waals surface area (Å²) < 4.78 is 43.2. The van der Waals surface area contributed by atoms with E-state index in [4.69, 9.17) is 4.74 Å². The van der Waals surface area contributed by atoms with E-state index in [1.165, 1.54) is 12.1 Å². The molecule has 0 radical (unpaired) electrons. The molecular formula is C18H16F3N3O. The van der Waals surface area contributed by atoms with Crippen LogP contribution in [0.5, 0.6) is 0 Å². The van der Waals surface area contributed by atoms with E-state index in [1.807, 2.05) is 31.2 Å². The van der Waals surface area contributed by atoms with E-state index in [2.05, 4.69) is 15.4 Å². The van der Waals surface area contributed by atoms with E-state index in [9.17, 15) is 13.2 Å². The van der Waals surface area contributed by atoms with Crippen molar-refractivity contribution in [3.63, 3.8) is 0 Å². The summed E-state index contributed by atoms with van der Waals surface area (Å²) in [5.41, 5.74) is 3.57. The Morgan fingerprint density at radius 2 is 1.72 bits per heavy atom. The van der Waals surface area contributed by atoms with Crippen molar-refractivity contribution in [2.45, 2.75) is 26.3 Å². The minimum absolute atomic E-state index is 0.241. The first kappa shape index (κ1) is 17.2. The Balaban J connectivity index is 1.60. The first-order valence-corrected chi connectivity index (χ1v) is 7.64. The predicted molar refractivity (Wildman–Crippen MR) is 86.5 cm³/mol. The van der Waals surface area contributed by atoms with Gasteiger partial charge in [-0.1, -0.05) is 35.5 Å². The zero-order valence-electron chi connectivity index (χ0n) is 13.5. The van der Waals surface area contributed by atoms with Crippen LogP contribution < -0.4 is 0 Å². The lowest BCUT2D eigenvalue weighted by Gasteiger charge is -2.09. The van der Waals surface area contributed by atoms with E-state index in [-0.39, 0.29) is 6.61 Å². The number of hydrogen-bond donors (Lipinski definition) is 1. The lowest BCUT2D eigenvalue weighted by atomic mass is 10.1. The zero-order valence-corrected chi connectivity index (χ0v) is 13.5. The summed E-state index contributed by atoms with van der Waals surface area (Å²) in [6.45, 7) is 2.49. The number of aryl methyl sites for hydroxylation is 1. The molecule has 130 valence electrons. The quantitative estimate of drug-likeness (QED) is 0.738. The molecule has 7 heteroatoms. The number of hydrogen-bond acceptors (Lipinski definition) is 3. The third-order valence-corrected chi connectivity index (χ3v) is 3.74. The largest absolute Gasteiger partial charge is 0.416 e. The van der Waals surface area contributed by atoms with Crippen LogP contribution in [0.25, 0.3) is 11.3 Å². The van der Waals surface area contributed by atoms with Gasteiger partial charge < -0.3 is 4.74 Å². The minimum Gasteiger partial charge on any atom is -0.372 e. The average Bonchev–Trinajstić information content (AvgIpc) is 3.01. The second kappa shape index (κ2) is 7.06. The monoisotopic (exact) mass is 347 g/mol. The number of H-pyrrole nitrogens is 1. The van der Waals surface area contributed by atoms with Crippen LogP contribution in [0.15, 0.2) is 48.5 Å². The fourth-order valence-corrected chi connectivity index (χ4v) is 2.44. The number of nitrogens with zero attached hydrogens (tertiary/aromatic N) is 2. The Morgan fingerprint density at radius 1 is 1.00 bits per heavy atom. The van der Waals surface area contributed by atoms with Gasteiger partial charge in [0, 0.05) is 5.56 Å². The van der Waals surface area contributed by atoms with E-state index in [0.29, 0.717) is 12.2 Å². The van der Waals surface area contributed by atoms with Crippen LogP contribution in [0.3, 0.4) is 0 Å². The van der Waals surface area contributed by atoms with Crippen LogP contribution in [-0.4, -0.2) is 15.4 Å². The van der Waals surface area contributed by atoms with Crippen molar-refractivity contribution in [1.29, 1.82) is 0 Å². The molecule has 0 bridgehead atoms. The third kappa shape index (κ3) is 4.24. The molecule has 3 rings (SSSR count). The zero-order chi connectivity index (χ0) is 17.9. The van der Waals surface area contributed by atoms with Crippen LogP contribution in [-0.2, 0) is 24.1 Å². The highest BCUT2D eigenvalue weighted by Crippen LogP contribution is 2.29. The van der Waals surface area contributed by atoms with E-state index in [1.54, 1.807) is 0 Å². The molecule has 0 unspecified atom stereocenters. The summed E-state index contributed by atoms with van der Waals surface area (Å²) in [6.07, 6.45) is -4.32. The van der Waals surface area contributed by atoms with Gasteiger partial charge in [0.2, 0.25) is 0 Å². The van der Waals surface area contributed by atoms with Crippen LogP contribution >= 0.6 is 0 Å². The predicted octanol–water partition coefficient (Wildman–Crippen LogP) is 4.52. The molecule has 0 fully saturated rings. The van der Waals surface area contributed by atoms with Crippen molar-refractivity contribution in [3.8, 4) is 11.3 Å². The van der Waals surface area contributed by atoms with Gasteiger partial charge in [-0.05, 0) is 36.2 Å². The number of nitrogens with one attached hydrogen (secondary N) is 1. The molecule has 1 N–H and O–H groups in total. The van der Waals surface area contributed by atoms with Gasteiger partial charge in [0.1, 0.15) is 5.69 Å². The Morgan fingerprint density at radius 3 is 2.36 bits per heavy atom. The second-order valence-corrected chi connectivity index (χ2v) is 5.67. The number of benzene rings is 2. The third-order valence-electron chi connectivity index (χ3n) is 3.74. The second-order valence-electron chi connectivity index (χ2n) is 5.67. The van der Waals surface area contributed by atoms with Crippen molar-refractivity contribution >= 4 is 0 Å². The average molecular weight is 347 g/mol. The van der Waals surface area contributed by atoms with E-state index in [0.717, 1.165) is 34.6 Å². The highest BCUT2D eigenvalue weighted by atomic mass is 19.4.